The van der Waals surface area contributed by atoms with Gasteiger partial charge in [0, 0.05) is 19.4 Å². The Hall–Kier alpha value is -2.86. The van der Waals surface area contributed by atoms with E-state index >= 15 is 0 Å². The number of aromatic nitrogens is 1. The number of amides is 1. The van der Waals surface area contributed by atoms with E-state index in [9.17, 15) is 9.59 Å². The van der Waals surface area contributed by atoms with Gasteiger partial charge in [-0.05, 0) is 35.7 Å². The highest BCUT2D eigenvalue weighted by atomic mass is 32.1. The van der Waals surface area contributed by atoms with Crippen LogP contribution in [0, 0.1) is 5.92 Å². The summed E-state index contributed by atoms with van der Waals surface area (Å²) in [6.07, 6.45) is 0.327. The number of para-hydroxylation sites is 1. The molecule has 2 aromatic carbocycles. The minimum atomic E-state index is -0.129. The maximum Gasteiger partial charge on any atom is 0.308 e. The first-order valence-corrected chi connectivity index (χ1v) is 10.6. The third-order valence-electron chi connectivity index (χ3n) is 5.05. The van der Waals surface area contributed by atoms with Crippen molar-refractivity contribution >= 4 is 28.7 Å². The third kappa shape index (κ3) is 3.72. The second-order valence-corrected chi connectivity index (χ2v) is 8.70. The molecule has 5 nitrogen and oxygen atoms in total. The number of hydrogen-bond donors (Lipinski definition) is 0. The minimum absolute atomic E-state index is 0.0118. The smallest absolute Gasteiger partial charge is 0.308 e. The van der Waals surface area contributed by atoms with Crippen LogP contribution in [0.25, 0.3) is 0 Å². The number of fused-ring (bicyclic) bond motifs is 1. The topological polar surface area (TPSA) is 51.5 Å². The van der Waals surface area contributed by atoms with Crippen LogP contribution in [0.3, 0.4) is 0 Å². The highest BCUT2D eigenvalue weighted by Gasteiger charge is 2.37. The number of nitrogens with zero attached hydrogens (tertiary/aromatic N) is 2. The molecule has 0 saturated carbocycles. The van der Waals surface area contributed by atoms with Crippen LogP contribution in [0.5, 0.6) is 5.75 Å². The summed E-state index contributed by atoms with van der Waals surface area (Å²) >= 11 is 1.22. The Morgan fingerprint density at radius 2 is 1.76 bits per heavy atom. The van der Waals surface area contributed by atoms with Gasteiger partial charge in [0.25, 0.3) is 0 Å². The van der Waals surface area contributed by atoms with Crippen molar-refractivity contribution < 1.29 is 9.53 Å². The van der Waals surface area contributed by atoms with Gasteiger partial charge >= 0.3 is 4.87 Å². The van der Waals surface area contributed by atoms with Crippen molar-refractivity contribution in [3.63, 3.8) is 0 Å². The van der Waals surface area contributed by atoms with E-state index in [0.717, 1.165) is 21.9 Å². The molecular formula is C23H24N2O3S. The Bertz CT molecular complexity index is 1070. The van der Waals surface area contributed by atoms with Crippen LogP contribution in [0.2, 0.25) is 0 Å². The molecule has 0 saturated heterocycles. The summed E-state index contributed by atoms with van der Waals surface area (Å²) in [6, 6.07) is 17.4. The molecule has 0 spiro atoms. The summed E-state index contributed by atoms with van der Waals surface area (Å²) in [5, 5.41) is 0. The SMILES string of the molecule is CC(C)COc1ccc([C@H]2CC(=O)N(c3ccccc3)c3c2sc(=O)n3C)cc1. The van der Waals surface area contributed by atoms with Gasteiger partial charge in [-0.2, -0.15) is 0 Å². The van der Waals surface area contributed by atoms with Crippen LogP contribution in [0.1, 0.15) is 36.6 Å². The second kappa shape index (κ2) is 7.87. The van der Waals surface area contributed by atoms with E-state index in [1.165, 1.54) is 11.3 Å². The highest BCUT2D eigenvalue weighted by molar-refractivity contribution is 7.10. The summed E-state index contributed by atoms with van der Waals surface area (Å²) in [7, 11) is 1.73. The lowest BCUT2D eigenvalue weighted by molar-refractivity contribution is -0.118. The van der Waals surface area contributed by atoms with Crippen molar-refractivity contribution in [1.29, 1.82) is 0 Å². The van der Waals surface area contributed by atoms with E-state index in [2.05, 4.69) is 13.8 Å². The van der Waals surface area contributed by atoms with E-state index in [1.807, 2.05) is 54.6 Å². The van der Waals surface area contributed by atoms with Crippen molar-refractivity contribution in [1.82, 2.24) is 4.57 Å². The normalized spacial score (nSPS) is 16.2. The number of carbonyl (C=O) groups is 1. The number of hydrogen-bond acceptors (Lipinski definition) is 4. The van der Waals surface area contributed by atoms with Gasteiger partial charge < -0.3 is 4.74 Å². The quantitative estimate of drug-likeness (QED) is 0.616. The molecule has 6 heteroatoms. The molecule has 1 aromatic heterocycles. The van der Waals surface area contributed by atoms with Gasteiger partial charge in [0.2, 0.25) is 5.91 Å². The van der Waals surface area contributed by atoms with Crippen molar-refractivity contribution in [2.75, 3.05) is 11.5 Å². The average molecular weight is 409 g/mol. The van der Waals surface area contributed by atoms with Crippen LogP contribution >= 0.6 is 11.3 Å². The summed E-state index contributed by atoms with van der Waals surface area (Å²) < 4.78 is 7.35. The molecule has 150 valence electrons. The molecule has 2 heterocycles. The van der Waals surface area contributed by atoms with Gasteiger partial charge in [-0.3, -0.25) is 19.1 Å². The monoisotopic (exact) mass is 408 g/mol. The molecule has 0 bridgehead atoms. The molecule has 1 amide bonds. The maximum atomic E-state index is 13.1. The fraction of sp³-hybridized carbons (Fsp3) is 0.304. The molecule has 4 rings (SSSR count). The summed E-state index contributed by atoms with van der Waals surface area (Å²) in [6.45, 7) is 4.89. The molecule has 1 atom stereocenters. The van der Waals surface area contributed by atoms with Gasteiger partial charge in [-0.25, -0.2) is 0 Å². The zero-order valence-corrected chi connectivity index (χ0v) is 17.6. The van der Waals surface area contributed by atoms with Crippen molar-refractivity contribution in [2.24, 2.45) is 13.0 Å². The molecule has 29 heavy (non-hydrogen) atoms. The third-order valence-corrected chi connectivity index (χ3v) is 6.18. The molecule has 0 unspecified atom stereocenters. The van der Waals surface area contributed by atoms with Crippen LogP contribution in [0.4, 0.5) is 11.5 Å². The van der Waals surface area contributed by atoms with Crippen LogP contribution in [-0.2, 0) is 11.8 Å². The first-order chi connectivity index (χ1) is 14.0. The standard InChI is InChI=1S/C23H24N2O3S/c1-15(2)14-28-18-11-9-16(10-12-18)19-13-20(26)25(17-7-5-4-6-8-17)22-21(19)29-23(27)24(22)3/h4-12,15,19H,13-14H2,1-3H3/t19-/m1/s1. The molecule has 1 aliphatic heterocycles. The average Bonchev–Trinajstić information content (AvgIpc) is 3.01. The number of anilines is 2. The highest BCUT2D eigenvalue weighted by Crippen LogP contribution is 2.44. The fourth-order valence-electron chi connectivity index (χ4n) is 3.60. The van der Waals surface area contributed by atoms with Crippen molar-refractivity contribution in [3.8, 4) is 5.75 Å². The Morgan fingerprint density at radius 3 is 2.41 bits per heavy atom. The predicted molar refractivity (Wildman–Crippen MR) is 116 cm³/mol. The van der Waals surface area contributed by atoms with Crippen LogP contribution in [-0.4, -0.2) is 17.1 Å². The zero-order chi connectivity index (χ0) is 20.5. The first kappa shape index (κ1) is 19.5. The Morgan fingerprint density at radius 1 is 1.07 bits per heavy atom. The van der Waals surface area contributed by atoms with E-state index in [4.69, 9.17) is 4.74 Å². The zero-order valence-electron chi connectivity index (χ0n) is 16.8. The van der Waals surface area contributed by atoms with E-state index in [1.54, 1.807) is 16.5 Å². The van der Waals surface area contributed by atoms with Crippen LogP contribution in [0.15, 0.2) is 59.4 Å². The molecular weight excluding hydrogens is 384 g/mol. The number of carbonyl (C=O) groups excluding carboxylic acids is 1. The van der Waals surface area contributed by atoms with Gasteiger partial charge in [-0.1, -0.05) is 55.5 Å². The molecule has 0 N–H and O–H groups in total. The number of ether oxygens (including phenoxy) is 1. The second-order valence-electron chi connectivity index (χ2n) is 7.71. The first-order valence-electron chi connectivity index (χ1n) is 9.76. The lowest BCUT2D eigenvalue weighted by Crippen LogP contribution is -2.34. The number of thiazole rings is 1. The van der Waals surface area contributed by atoms with Crippen LogP contribution < -0.4 is 14.5 Å². The van der Waals surface area contributed by atoms with Gasteiger partial charge in [0.05, 0.1) is 17.2 Å². The minimum Gasteiger partial charge on any atom is -0.493 e. The summed E-state index contributed by atoms with van der Waals surface area (Å²) in [5.41, 5.74) is 1.80. The van der Waals surface area contributed by atoms with Gasteiger partial charge in [0.15, 0.2) is 0 Å². The summed E-state index contributed by atoms with van der Waals surface area (Å²) in [5.74, 6) is 1.81. The summed E-state index contributed by atoms with van der Waals surface area (Å²) in [4.78, 5) is 28.2. The molecule has 1 aliphatic rings. The number of rotatable bonds is 5. The Labute approximate surface area is 174 Å². The van der Waals surface area contributed by atoms with E-state index in [-0.39, 0.29) is 16.7 Å². The molecule has 0 radical (unpaired) electrons. The van der Waals surface area contributed by atoms with Crippen molar-refractivity contribution in [3.05, 3.63) is 74.7 Å². The fourth-order valence-corrected chi connectivity index (χ4v) is 4.69. The molecule has 3 aromatic rings. The molecule has 0 aliphatic carbocycles. The number of benzene rings is 2. The van der Waals surface area contributed by atoms with E-state index in [0.29, 0.717) is 24.8 Å². The van der Waals surface area contributed by atoms with Crippen molar-refractivity contribution in [2.45, 2.75) is 26.2 Å². The maximum absolute atomic E-state index is 13.1. The van der Waals surface area contributed by atoms with Gasteiger partial charge in [0.1, 0.15) is 11.6 Å². The van der Waals surface area contributed by atoms with Gasteiger partial charge in [-0.15, -0.1) is 0 Å². The Balaban J connectivity index is 1.72. The molecule has 0 fully saturated rings. The largest absolute Gasteiger partial charge is 0.493 e. The van der Waals surface area contributed by atoms with E-state index < -0.39 is 0 Å². The predicted octanol–water partition coefficient (Wildman–Crippen LogP) is 4.68. The lowest BCUT2D eigenvalue weighted by Gasteiger charge is -2.32. The Kier molecular flexibility index (Phi) is 5.28. The lowest BCUT2D eigenvalue weighted by atomic mass is 9.90.